The lowest BCUT2D eigenvalue weighted by Crippen LogP contribution is -2.24. The molecule has 0 heterocycles. The monoisotopic (exact) mass is 316 g/mol. The Kier molecular flexibility index (Phi) is 5.16. The molecule has 0 spiro atoms. The van der Waals surface area contributed by atoms with Gasteiger partial charge in [0.05, 0.1) is 17.9 Å². The molecule has 7 heteroatoms. The lowest BCUT2D eigenvalue weighted by atomic mass is 10.1. The molecule has 0 aliphatic carbocycles. The number of para-hydroxylation sites is 1. The molecule has 0 aliphatic rings. The van der Waals surface area contributed by atoms with Crippen LogP contribution >= 0.6 is 12.2 Å². The van der Waals surface area contributed by atoms with E-state index in [1.54, 1.807) is 30.3 Å². The van der Waals surface area contributed by atoms with Gasteiger partial charge in [0.1, 0.15) is 5.82 Å². The van der Waals surface area contributed by atoms with Crippen molar-refractivity contribution >= 4 is 35.2 Å². The van der Waals surface area contributed by atoms with E-state index >= 15 is 0 Å². The summed E-state index contributed by atoms with van der Waals surface area (Å²) in [5.41, 5.74) is 3.54. The average Bonchev–Trinajstić information content (AvgIpc) is 2.50. The normalized spacial score (nSPS) is 10.4. The molecule has 0 aliphatic heterocycles. The molecule has 0 unspecified atom stereocenters. The molecule has 2 N–H and O–H groups in total. The van der Waals surface area contributed by atoms with E-state index in [-0.39, 0.29) is 16.4 Å². The number of hydrazone groups is 1. The first-order valence-electron chi connectivity index (χ1n) is 6.22. The number of thiocarbonyl (C=S) groups is 1. The average molecular weight is 316 g/mol. The van der Waals surface area contributed by atoms with Crippen molar-refractivity contribution in [2.75, 3.05) is 5.32 Å². The van der Waals surface area contributed by atoms with Crippen LogP contribution in [0.2, 0.25) is 0 Å². The Bertz CT molecular complexity index is 717. The molecule has 0 amide bonds. The summed E-state index contributed by atoms with van der Waals surface area (Å²) in [5, 5.41) is 17.3. The van der Waals surface area contributed by atoms with Crippen molar-refractivity contribution in [1.29, 1.82) is 0 Å². The fourth-order valence-electron chi connectivity index (χ4n) is 1.58. The summed E-state index contributed by atoms with van der Waals surface area (Å²) in [6.45, 7) is 0. The van der Waals surface area contributed by atoms with Gasteiger partial charge in [-0.15, -0.1) is 0 Å². The van der Waals surface area contributed by atoms with Crippen LogP contribution in [-0.4, -0.2) is 17.3 Å². The van der Waals surface area contributed by atoms with Gasteiger partial charge in [0.2, 0.25) is 0 Å². The zero-order valence-electron chi connectivity index (χ0n) is 11.2. The van der Waals surface area contributed by atoms with Gasteiger partial charge in [-0.1, -0.05) is 36.4 Å². The van der Waals surface area contributed by atoms with Crippen LogP contribution in [0.25, 0.3) is 0 Å². The molecule has 0 saturated carbocycles. The zero-order chi connectivity index (χ0) is 15.9. The number of carbonyl (C=O) groups excluding carboxylic acids is 1. The summed E-state index contributed by atoms with van der Waals surface area (Å²) in [4.78, 5) is 10.6. The molecule has 0 fully saturated rings. The Hall–Kier alpha value is -2.80. The van der Waals surface area contributed by atoms with E-state index in [0.29, 0.717) is 5.56 Å². The van der Waals surface area contributed by atoms with Gasteiger partial charge in [-0.2, -0.15) is 5.10 Å². The van der Waals surface area contributed by atoms with Gasteiger partial charge in [-0.05, 0) is 35.5 Å². The van der Waals surface area contributed by atoms with E-state index in [2.05, 4.69) is 15.8 Å². The fraction of sp³-hybridized carbons (Fsp3) is 0. The number of benzene rings is 2. The van der Waals surface area contributed by atoms with Crippen LogP contribution in [0, 0.1) is 5.82 Å². The maximum absolute atomic E-state index is 13.4. The number of hydrogen-bond acceptors (Lipinski definition) is 4. The largest absolute Gasteiger partial charge is 0.545 e. The highest BCUT2D eigenvalue weighted by molar-refractivity contribution is 7.80. The van der Waals surface area contributed by atoms with Crippen LogP contribution in [-0.2, 0) is 0 Å². The quantitative estimate of drug-likeness (QED) is 0.508. The van der Waals surface area contributed by atoms with Gasteiger partial charge >= 0.3 is 0 Å². The van der Waals surface area contributed by atoms with Crippen LogP contribution in [0.1, 0.15) is 15.9 Å². The van der Waals surface area contributed by atoms with Gasteiger partial charge in [0.15, 0.2) is 5.11 Å². The molecule has 0 atom stereocenters. The molecule has 2 aromatic rings. The van der Waals surface area contributed by atoms with E-state index in [1.165, 1.54) is 24.4 Å². The third-order valence-electron chi connectivity index (χ3n) is 2.65. The smallest absolute Gasteiger partial charge is 0.191 e. The molecule has 0 aromatic heterocycles. The van der Waals surface area contributed by atoms with E-state index in [1.807, 2.05) is 0 Å². The van der Waals surface area contributed by atoms with Crippen molar-refractivity contribution in [3.05, 3.63) is 65.5 Å². The van der Waals surface area contributed by atoms with Crippen molar-refractivity contribution < 1.29 is 14.3 Å². The Morgan fingerprint density at radius 1 is 1.18 bits per heavy atom. The van der Waals surface area contributed by atoms with E-state index in [4.69, 9.17) is 12.2 Å². The number of aromatic carboxylic acids is 1. The first-order chi connectivity index (χ1) is 10.6. The van der Waals surface area contributed by atoms with Crippen molar-refractivity contribution in [3.8, 4) is 0 Å². The molecule has 2 aromatic carbocycles. The van der Waals surface area contributed by atoms with E-state index in [0.717, 1.165) is 0 Å². The predicted molar refractivity (Wildman–Crippen MR) is 84.1 cm³/mol. The number of carboxylic acid groups (broad SMARTS) is 1. The van der Waals surface area contributed by atoms with Crippen LogP contribution in [0.4, 0.5) is 10.1 Å². The third-order valence-corrected chi connectivity index (χ3v) is 2.84. The molecule has 0 bridgehead atoms. The van der Waals surface area contributed by atoms with Gasteiger partial charge < -0.3 is 15.2 Å². The minimum Gasteiger partial charge on any atom is -0.545 e. The van der Waals surface area contributed by atoms with Crippen LogP contribution in [0.5, 0.6) is 0 Å². The molecular weight excluding hydrogens is 305 g/mol. The second-order valence-corrected chi connectivity index (χ2v) is 4.62. The first kappa shape index (κ1) is 15.6. The summed E-state index contributed by atoms with van der Waals surface area (Å²) in [6, 6.07) is 12.1. The Morgan fingerprint density at radius 2 is 1.86 bits per heavy atom. The number of halogens is 1. The highest BCUT2D eigenvalue weighted by Crippen LogP contribution is 2.11. The second-order valence-electron chi connectivity index (χ2n) is 4.21. The van der Waals surface area contributed by atoms with E-state index in [9.17, 15) is 14.3 Å². The van der Waals surface area contributed by atoms with Gasteiger partial charge in [-0.25, -0.2) is 4.39 Å². The number of rotatable bonds is 4. The molecule has 0 saturated heterocycles. The number of carbonyl (C=O) groups is 1. The Morgan fingerprint density at radius 3 is 2.50 bits per heavy atom. The Labute approximate surface area is 131 Å². The molecule has 0 radical (unpaired) electrons. The molecule has 2 rings (SSSR count). The molecule has 112 valence electrons. The summed E-state index contributed by atoms with van der Waals surface area (Å²) >= 11 is 4.98. The topological polar surface area (TPSA) is 76.5 Å². The highest BCUT2D eigenvalue weighted by Gasteiger charge is 2.01. The predicted octanol–water partition coefficient (Wildman–Crippen LogP) is 1.51. The summed E-state index contributed by atoms with van der Waals surface area (Å²) in [7, 11) is 0. The van der Waals surface area contributed by atoms with Crippen molar-refractivity contribution in [2.45, 2.75) is 0 Å². The zero-order valence-corrected chi connectivity index (χ0v) is 12.1. The summed E-state index contributed by atoms with van der Waals surface area (Å²) in [6.07, 6.45) is 1.45. The molecule has 5 nitrogen and oxygen atoms in total. The minimum atomic E-state index is -1.24. The molecule has 22 heavy (non-hydrogen) atoms. The lowest BCUT2D eigenvalue weighted by molar-refractivity contribution is -0.255. The lowest BCUT2D eigenvalue weighted by Gasteiger charge is -2.07. The minimum absolute atomic E-state index is 0.0850. The number of nitrogens with zero attached hydrogens (tertiary/aromatic N) is 1. The van der Waals surface area contributed by atoms with Crippen molar-refractivity contribution in [1.82, 2.24) is 5.43 Å². The van der Waals surface area contributed by atoms with Crippen LogP contribution in [0.15, 0.2) is 53.6 Å². The van der Waals surface area contributed by atoms with Gasteiger partial charge in [0.25, 0.3) is 0 Å². The van der Waals surface area contributed by atoms with Gasteiger partial charge in [0, 0.05) is 0 Å². The van der Waals surface area contributed by atoms with Crippen molar-refractivity contribution in [3.63, 3.8) is 0 Å². The molecular formula is C15H11FN3O2S-. The third kappa shape index (κ3) is 4.35. The maximum Gasteiger partial charge on any atom is 0.191 e. The fourth-order valence-corrected chi connectivity index (χ4v) is 1.75. The van der Waals surface area contributed by atoms with Gasteiger partial charge in [-0.3, -0.25) is 5.43 Å². The Balaban J connectivity index is 1.90. The SMILES string of the molecule is O=C([O-])c1ccc(/C=N\NC(=S)Nc2ccccc2F)cc1. The number of carboxylic acids is 1. The number of nitrogens with one attached hydrogen (secondary N) is 2. The van der Waals surface area contributed by atoms with Crippen molar-refractivity contribution in [2.24, 2.45) is 5.10 Å². The highest BCUT2D eigenvalue weighted by atomic mass is 32.1. The number of anilines is 1. The second kappa shape index (κ2) is 7.28. The summed E-state index contributed by atoms with van der Waals surface area (Å²) < 4.78 is 13.4. The standard InChI is InChI=1S/C15H12FN3O2S/c16-12-3-1-2-4-13(12)18-15(22)19-17-9-10-5-7-11(8-6-10)14(20)21/h1-9H,(H,20,21)(H2,18,19,22)/p-1/b17-9-. The van der Waals surface area contributed by atoms with E-state index < -0.39 is 11.8 Å². The number of hydrogen-bond donors (Lipinski definition) is 2. The first-order valence-corrected chi connectivity index (χ1v) is 6.63. The van der Waals surface area contributed by atoms with Crippen LogP contribution < -0.4 is 15.8 Å². The summed E-state index contributed by atoms with van der Waals surface area (Å²) in [5.74, 6) is -1.66. The maximum atomic E-state index is 13.4. The van der Waals surface area contributed by atoms with Crippen LogP contribution in [0.3, 0.4) is 0 Å².